The molecule has 0 saturated heterocycles. The molecule has 0 spiro atoms. The number of benzene rings is 1. The van der Waals surface area contributed by atoms with Crippen LogP contribution in [0.4, 0.5) is 0 Å². The molecule has 17 heavy (non-hydrogen) atoms. The molecule has 0 radical (unpaired) electrons. The van der Waals surface area contributed by atoms with E-state index in [1.807, 2.05) is 30.3 Å². The second-order valence-electron chi connectivity index (χ2n) is 4.25. The van der Waals surface area contributed by atoms with E-state index in [0.717, 1.165) is 12.0 Å². The van der Waals surface area contributed by atoms with E-state index in [9.17, 15) is 9.59 Å². The van der Waals surface area contributed by atoms with Crippen molar-refractivity contribution in [3.63, 3.8) is 0 Å². The molecule has 90 valence electrons. The van der Waals surface area contributed by atoms with Crippen LogP contribution in [-0.4, -0.2) is 18.4 Å². The number of carbonyl (C=O) groups excluding carboxylic acids is 2. The fraction of sp³-hybridized carbons (Fsp3) is 0.429. The Morgan fingerprint density at radius 1 is 1.29 bits per heavy atom. The maximum atomic E-state index is 12.1. The lowest BCUT2D eigenvalue weighted by atomic mass is 9.95. The molecule has 0 N–H and O–H groups in total. The van der Waals surface area contributed by atoms with E-state index < -0.39 is 5.92 Å². The fourth-order valence-corrected chi connectivity index (χ4v) is 2.35. The Kier molecular flexibility index (Phi) is 3.57. The number of carbonyl (C=O) groups is 2. The number of ether oxygens (including phenoxy) is 1. The predicted molar refractivity (Wildman–Crippen MR) is 63.5 cm³/mol. The first kappa shape index (κ1) is 11.8. The van der Waals surface area contributed by atoms with Crippen LogP contribution in [-0.2, 0) is 14.3 Å². The van der Waals surface area contributed by atoms with Gasteiger partial charge in [0.2, 0.25) is 0 Å². The first-order chi connectivity index (χ1) is 8.24. The van der Waals surface area contributed by atoms with Crippen molar-refractivity contribution in [3.8, 4) is 0 Å². The van der Waals surface area contributed by atoms with Crippen molar-refractivity contribution < 1.29 is 14.3 Å². The molecule has 1 aliphatic carbocycles. The summed E-state index contributed by atoms with van der Waals surface area (Å²) in [6.07, 6.45) is 1.35. The Morgan fingerprint density at radius 2 is 2.00 bits per heavy atom. The summed E-state index contributed by atoms with van der Waals surface area (Å²) in [5.41, 5.74) is 1.00. The van der Waals surface area contributed by atoms with E-state index in [-0.39, 0.29) is 17.7 Å². The van der Waals surface area contributed by atoms with Gasteiger partial charge in [0, 0.05) is 5.92 Å². The molecule has 0 unspecified atom stereocenters. The maximum absolute atomic E-state index is 12.1. The molecule has 2 atom stereocenters. The highest BCUT2D eigenvalue weighted by molar-refractivity contribution is 6.03. The minimum Gasteiger partial charge on any atom is -0.465 e. The van der Waals surface area contributed by atoms with Crippen molar-refractivity contribution in [2.45, 2.75) is 25.7 Å². The zero-order valence-corrected chi connectivity index (χ0v) is 9.89. The largest absolute Gasteiger partial charge is 0.465 e. The van der Waals surface area contributed by atoms with Gasteiger partial charge < -0.3 is 4.74 Å². The van der Waals surface area contributed by atoms with Gasteiger partial charge in [0.15, 0.2) is 5.78 Å². The van der Waals surface area contributed by atoms with Gasteiger partial charge in [-0.15, -0.1) is 0 Å². The number of ketones is 1. The Labute approximate surface area is 101 Å². The Bertz CT molecular complexity index is 411. The predicted octanol–water partition coefficient (Wildman–Crippen LogP) is 2.31. The summed E-state index contributed by atoms with van der Waals surface area (Å²) in [7, 11) is 0. The molecule has 0 heterocycles. The van der Waals surface area contributed by atoms with Gasteiger partial charge in [0.25, 0.3) is 0 Å². The Hall–Kier alpha value is -1.64. The lowest BCUT2D eigenvalue weighted by Gasteiger charge is -2.10. The molecule has 1 saturated carbocycles. The normalized spacial score (nSPS) is 23.7. The maximum Gasteiger partial charge on any atom is 0.316 e. The summed E-state index contributed by atoms with van der Waals surface area (Å²) in [6.45, 7) is 2.09. The minimum absolute atomic E-state index is 0.00894. The summed E-state index contributed by atoms with van der Waals surface area (Å²) in [6, 6.07) is 9.64. The van der Waals surface area contributed by atoms with E-state index in [1.165, 1.54) is 0 Å². The SMILES string of the molecule is CCOC(=O)[C@H]1CC[C@H](c2ccccc2)C1=O. The summed E-state index contributed by atoms with van der Waals surface area (Å²) >= 11 is 0. The number of hydrogen-bond acceptors (Lipinski definition) is 3. The number of Topliss-reactive ketones (excluding diaryl/α,β-unsaturated/α-hetero) is 1. The van der Waals surface area contributed by atoms with Gasteiger partial charge in [-0.2, -0.15) is 0 Å². The zero-order chi connectivity index (χ0) is 12.3. The molecule has 2 rings (SSSR count). The standard InChI is InChI=1S/C14H16O3/c1-2-17-14(16)12-9-8-11(13(12)15)10-6-4-3-5-7-10/h3-7,11-12H,2,8-9H2,1H3/t11-,12+/m1/s1. The van der Waals surface area contributed by atoms with Gasteiger partial charge >= 0.3 is 5.97 Å². The van der Waals surface area contributed by atoms with Crippen LogP contribution in [0.3, 0.4) is 0 Å². The molecule has 1 fully saturated rings. The Morgan fingerprint density at radius 3 is 2.65 bits per heavy atom. The third-order valence-electron chi connectivity index (χ3n) is 3.20. The van der Waals surface area contributed by atoms with Crippen LogP contribution in [0.25, 0.3) is 0 Å². The monoisotopic (exact) mass is 232 g/mol. The summed E-state index contributed by atoms with van der Waals surface area (Å²) in [5, 5.41) is 0. The van der Waals surface area contributed by atoms with Crippen LogP contribution in [0.5, 0.6) is 0 Å². The van der Waals surface area contributed by atoms with E-state index in [4.69, 9.17) is 4.74 Å². The van der Waals surface area contributed by atoms with E-state index in [2.05, 4.69) is 0 Å². The second-order valence-corrected chi connectivity index (χ2v) is 4.25. The fourth-order valence-electron chi connectivity index (χ4n) is 2.35. The van der Waals surface area contributed by atoms with Crippen molar-refractivity contribution in [2.75, 3.05) is 6.61 Å². The first-order valence-corrected chi connectivity index (χ1v) is 5.99. The van der Waals surface area contributed by atoms with Crippen LogP contribution in [0, 0.1) is 5.92 Å². The van der Waals surface area contributed by atoms with Gasteiger partial charge in [0.1, 0.15) is 5.92 Å². The smallest absolute Gasteiger partial charge is 0.316 e. The second kappa shape index (κ2) is 5.13. The third-order valence-corrected chi connectivity index (χ3v) is 3.20. The zero-order valence-electron chi connectivity index (χ0n) is 9.89. The number of hydrogen-bond donors (Lipinski definition) is 0. The average Bonchev–Trinajstić information content (AvgIpc) is 2.72. The van der Waals surface area contributed by atoms with Crippen molar-refractivity contribution in [1.82, 2.24) is 0 Å². The highest BCUT2D eigenvalue weighted by atomic mass is 16.5. The molecule has 1 aromatic carbocycles. The van der Waals surface area contributed by atoms with E-state index in [1.54, 1.807) is 6.92 Å². The molecule has 0 amide bonds. The molecule has 0 bridgehead atoms. The van der Waals surface area contributed by atoms with Crippen LogP contribution in [0.2, 0.25) is 0 Å². The number of rotatable bonds is 3. The van der Waals surface area contributed by atoms with Crippen molar-refractivity contribution in [2.24, 2.45) is 5.92 Å². The molecule has 1 aliphatic rings. The lowest BCUT2D eigenvalue weighted by Crippen LogP contribution is -2.23. The molecule has 3 nitrogen and oxygen atoms in total. The van der Waals surface area contributed by atoms with Crippen molar-refractivity contribution in [3.05, 3.63) is 35.9 Å². The lowest BCUT2D eigenvalue weighted by molar-refractivity contribution is -0.150. The van der Waals surface area contributed by atoms with E-state index >= 15 is 0 Å². The molecule has 3 heteroatoms. The van der Waals surface area contributed by atoms with Crippen molar-refractivity contribution in [1.29, 1.82) is 0 Å². The molecule has 0 aliphatic heterocycles. The summed E-state index contributed by atoms with van der Waals surface area (Å²) < 4.78 is 4.92. The summed E-state index contributed by atoms with van der Waals surface area (Å²) in [4.78, 5) is 23.7. The average molecular weight is 232 g/mol. The van der Waals surface area contributed by atoms with Crippen LogP contribution < -0.4 is 0 Å². The Balaban J connectivity index is 2.10. The third kappa shape index (κ3) is 2.38. The summed E-state index contributed by atoms with van der Waals surface area (Å²) in [5.74, 6) is -1.05. The minimum atomic E-state index is -0.555. The van der Waals surface area contributed by atoms with Crippen LogP contribution >= 0.6 is 0 Å². The highest BCUT2D eigenvalue weighted by Crippen LogP contribution is 2.35. The molecule has 0 aromatic heterocycles. The van der Waals surface area contributed by atoms with E-state index in [0.29, 0.717) is 13.0 Å². The molecular formula is C14H16O3. The quantitative estimate of drug-likeness (QED) is 0.593. The first-order valence-electron chi connectivity index (χ1n) is 5.99. The molecular weight excluding hydrogens is 216 g/mol. The van der Waals surface area contributed by atoms with Gasteiger partial charge in [-0.3, -0.25) is 9.59 Å². The van der Waals surface area contributed by atoms with Gasteiger partial charge in [0.05, 0.1) is 6.61 Å². The molecule has 1 aromatic rings. The van der Waals surface area contributed by atoms with Crippen molar-refractivity contribution >= 4 is 11.8 Å². The highest BCUT2D eigenvalue weighted by Gasteiger charge is 2.40. The van der Waals surface area contributed by atoms with Crippen LogP contribution in [0.15, 0.2) is 30.3 Å². The van der Waals surface area contributed by atoms with Crippen LogP contribution in [0.1, 0.15) is 31.2 Å². The topological polar surface area (TPSA) is 43.4 Å². The number of esters is 1. The van der Waals surface area contributed by atoms with Gasteiger partial charge in [-0.25, -0.2) is 0 Å². The van der Waals surface area contributed by atoms with Gasteiger partial charge in [-0.1, -0.05) is 30.3 Å². The van der Waals surface area contributed by atoms with Gasteiger partial charge in [-0.05, 0) is 25.3 Å².